The zero-order valence-corrected chi connectivity index (χ0v) is 14.7. The Morgan fingerprint density at radius 2 is 2.00 bits per heavy atom. The third-order valence-electron chi connectivity index (χ3n) is 3.45. The molecule has 0 fully saturated rings. The van der Waals surface area contributed by atoms with E-state index in [1.807, 2.05) is 4.68 Å². The van der Waals surface area contributed by atoms with Gasteiger partial charge in [0.15, 0.2) is 0 Å². The molecule has 1 unspecified atom stereocenters. The number of hydrogen-bond donors (Lipinski definition) is 1. The summed E-state index contributed by atoms with van der Waals surface area (Å²) in [5.41, 5.74) is 10.6. The van der Waals surface area contributed by atoms with E-state index in [1.165, 1.54) is 0 Å². The van der Waals surface area contributed by atoms with Crippen molar-refractivity contribution in [2.75, 3.05) is 13.7 Å². The maximum Gasteiger partial charge on any atom is 0.0837 e. The molecule has 2 N–H and O–H groups in total. The molecule has 0 bridgehead atoms. The molecule has 0 spiro atoms. The monoisotopic (exact) mass is 371 g/mol. The van der Waals surface area contributed by atoms with Crippen LogP contribution in [0.3, 0.4) is 0 Å². The number of nitrogens with zero attached hydrogens (tertiary/aromatic N) is 2. The summed E-state index contributed by atoms with van der Waals surface area (Å²) in [6.45, 7) is 5.30. The van der Waals surface area contributed by atoms with Crippen molar-refractivity contribution in [1.29, 1.82) is 0 Å². The Bertz CT molecular complexity index is 619. The van der Waals surface area contributed by atoms with Gasteiger partial charge in [0, 0.05) is 11.6 Å². The normalized spacial score (nSPS) is 12.7. The second-order valence-electron chi connectivity index (χ2n) is 5.04. The Morgan fingerprint density at radius 3 is 2.57 bits per heavy atom. The van der Waals surface area contributed by atoms with Crippen molar-refractivity contribution in [3.63, 3.8) is 0 Å². The first-order valence-corrected chi connectivity index (χ1v) is 7.85. The van der Waals surface area contributed by atoms with Crippen LogP contribution in [0.4, 0.5) is 0 Å². The van der Waals surface area contributed by atoms with Crippen LogP contribution in [-0.4, -0.2) is 23.5 Å². The van der Waals surface area contributed by atoms with E-state index < -0.39 is 0 Å². The summed E-state index contributed by atoms with van der Waals surface area (Å²) in [7, 11) is 1.66. The van der Waals surface area contributed by atoms with Crippen molar-refractivity contribution in [3.8, 4) is 0 Å². The fraction of sp³-hybridized carbons (Fsp3) is 0.400. The number of aromatic nitrogens is 2. The highest BCUT2D eigenvalue weighted by Gasteiger charge is 2.19. The van der Waals surface area contributed by atoms with Crippen LogP contribution in [0.5, 0.6) is 0 Å². The Balaban J connectivity index is 2.40. The highest BCUT2D eigenvalue weighted by Crippen LogP contribution is 2.30. The summed E-state index contributed by atoms with van der Waals surface area (Å²) < 4.78 is 8.02. The molecular weight excluding hydrogens is 354 g/mol. The number of hydrogen-bond acceptors (Lipinski definition) is 3. The minimum atomic E-state index is -0.317. The van der Waals surface area contributed by atoms with E-state index in [2.05, 4.69) is 47.0 Å². The van der Waals surface area contributed by atoms with Gasteiger partial charge in [-0.15, -0.1) is 0 Å². The van der Waals surface area contributed by atoms with Crippen molar-refractivity contribution in [2.45, 2.75) is 26.4 Å². The summed E-state index contributed by atoms with van der Waals surface area (Å²) >= 11 is 9.84. The van der Waals surface area contributed by atoms with Crippen LogP contribution < -0.4 is 5.73 Å². The number of rotatable bonds is 5. The number of ether oxygens (including phenoxy) is 1. The topological polar surface area (TPSA) is 53.1 Å². The number of nitrogens with two attached hydrogens (primary N) is 1. The second kappa shape index (κ2) is 6.92. The number of methoxy groups -OCH3 is 1. The van der Waals surface area contributed by atoms with Gasteiger partial charge in [-0.05, 0) is 30.5 Å². The van der Waals surface area contributed by atoms with Gasteiger partial charge in [0.2, 0.25) is 0 Å². The molecule has 4 nitrogen and oxygen atoms in total. The number of benzene rings is 1. The summed E-state index contributed by atoms with van der Waals surface area (Å²) in [5.74, 6) is 0. The van der Waals surface area contributed by atoms with E-state index >= 15 is 0 Å². The standard InChI is InChI=1S/C15H19BrClN3O/c1-9-6-11(7-10(2)13(9)16)14(18)15-12(17)8-19-20(15)4-5-21-3/h6-8,14H,4-5,18H2,1-3H3. The first-order chi connectivity index (χ1) is 9.95. The second-order valence-corrected chi connectivity index (χ2v) is 6.24. The van der Waals surface area contributed by atoms with Crippen LogP contribution in [0, 0.1) is 13.8 Å². The van der Waals surface area contributed by atoms with E-state index in [9.17, 15) is 0 Å². The predicted octanol–water partition coefficient (Wildman–Crippen LogP) is 3.61. The SMILES string of the molecule is COCCn1ncc(Cl)c1C(N)c1cc(C)c(Br)c(C)c1. The summed E-state index contributed by atoms with van der Waals surface area (Å²) in [6, 6.07) is 3.83. The maximum absolute atomic E-state index is 6.42. The molecule has 1 aromatic heterocycles. The van der Waals surface area contributed by atoms with Gasteiger partial charge < -0.3 is 10.5 Å². The zero-order valence-electron chi connectivity index (χ0n) is 12.4. The van der Waals surface area contributed by atoms with Crippen molar-refractivity contribution >= 4 is 27.5 Å². The molecule has 1 atom stereocenters. The first-order valence-electron chi connectivity index (χ1n) is 6.68. The molecule has 0 aliphatic rings. The summed E-state index contributed by atoms with van der Waals surface area (Å²) in [6.07, 6.45) is 1.63. The summed E-state index contributed by atoms with van der Waals surface area (Å²) in [5, 5.41) is 4.86. The van der Waals surface area contributed by atoms with Gasteiger partial charge in [-0.3, -0.25) is 4.68 Å². The van der Waals surface area contributed by atoms with Crippen molar-refractivity contribution in [1.82, 2.24) is 9.78 Å². The van der Waals surface area contributed by atoms with Crippen molar-refractivity contribution in [3.05, 3.63) is 50.2 Å². The molecule has 21 heavy (non-hydrogen) atoms. The van der Waals surface area contributed by atoms with Crippen LogP contribution in [0.2, 0.25) is 5.02 Å². The molecule has 2 aromatic rings. The maximum atomic E-state index is 6.42. The molecule has 0 amide bonds. The van der Waals surface area contributed by atoms with Crippen LogP contribution >= 0.6 is 27.5 Å². The minimum absolute atomic E-state index is 0.317. The Kier molecular flexibility index (Phi) is 5.43. The van der Waals surface area contributed by atoms with Gasteiger partial charge in [-0.1, -0.05) is 39.7 Å². The van der Waals surface area contributed by atoms with E-state index in [4.69, 9.17) is 22.1 Å². The molecule has 0 aliphatic heterocycles. The Morgan fingerprint density at radius 1 is 1.38 bits per heavy atom. The molecule has 6 heteroatoms. The fourth-order valence-corrected chi connectivity index (χ4v) is 2.84. The molecule has 114 valence electrons. The molecule has 0 saturated heterocycles. The van der Waals surface area contributed by atoms with Crippen LogP contribution in [0.25, 0.3) is 0 Å². The first kappa shape index (κ1) is 16.5. The minimum Gasteiger partial charge on any atom is -0.383 e. The van der Waals surface area contributed by atoms with Crippen LogP contribution in [0.15, 0.2) is 22.8 Å². The molecule has 2 rings (SSSR count). The highest BCUT2D eigenvalue weighted by molar-refractivity contribution is 9.10. The number of halogens is 2. The Hall–Kier alpha value is -0.880. The smallest absolute Gasteiger partial charge is 0.0837 e. The third-order valence-corrected chi connectivity index (χ3v) is 4.99. The molecular formula is C15H19BrClN3O. The lowest BCUT2D eigenvalue weighted by molar-refractivity contribution is 0.182. The lowest BCUT2D eigenvalue weighted by Crippen LogP contribution is -2.19. The van der Waals surface area contributed by atoms with Gasteiger partial charge in [-0.25, -0.2) is 0 Å². The Labute approximate surface area is 138 Å². The van der Waals surface area contributed by atoms with Gasteiger partial charge in [0.05, 0.1) is 36.1 Å². The molecule has 0 aliphatic carbocycles. The highest BCUT2D eigenvalue weighted by atomic mass is 79.9. The quantitative estimate of drug-likeness (QED) is 0.872. The molecule has 0 radical (unpaired) electrons. The van der Waals surface area contributed by atoms with Crippen molar-refractivity contribution in [2.24, 2.45) is 5.73 Å². The molecule has 0 saturated carbocycles. The average molecular weight is 373 g/mol. The van der Waals surface area contributed by atoms with Crippen molar-refractivity contribution < 1.29 is 4.74 Å². The average Bonchev–Trinajstić information content (AvgIpc) is 2.82. The van der Waals surface area contributed by atoms with E-state index in [0.717, 1.165) is 26.9 Å². The molecule has 1 aromatic carbocycles. The zero-order chi connectivity index (χ0) is 15.6. The van der Waals surface area contributed by atoms with Crippen LogP contribution in [-0.2, 0) is 11.3 Å². The largest absolute Gasteiger partial charge is 0.383 e. The lowest BCUT2D eigenvalue weighted by atomic mass is 9.99. The summed E-state index contributed by atoms with van der Waals surface area (Å²) in [4.78, 5) is 0. The molecule has 1 heterocycles. The van der Waals surface area contributed by atoms with Gasteiger partial charge in [0.25, 0.3) is 0 Å². The predicted molar refractivity (Wildman–Crippen MR) is 88.8 cm³/mol. The van der Waals surface area contributed by atoms with Crippen LogP contribution in [0.1, 0.15) is 28.4 Å². The van der Waals surface area contributed by atoms with Gasteiger partial charge >= 0.3 is 0 Å². The van der Waals surface area contributed by atoms with E-state index in [-0.39, 0.29) is 6.04 Å². The lowest BCUT2D eigenvalue weighted by Gasteiger charge is -2.17. The van der Waals surface area contributed by atoms with Gasteiger partial charge in [-0.2, -0.15) is 5.10 Å². The third kappa shape index (κ3) is 3.48. The number of aryl methyl sites for hydroxylation is 2. The fourth-order valence-electron chi connectivity index (χ4n) is 2.35. The van der Waals surface area contributed by atoms with E-state index in [1.54, 1.807) is 13.3 Å². The van der Waals surface area contributed by atoms with Gasteiger partial charge in [0.1, 0.15) is 0 Å². The van der Waals surface area contributed by atoms with E-state index in [0.29, 0.717) is 18.2 Å².